The highest BCUT2D eigenvalue weighted by molar-refractivity contribution is 6.74. The number of hydrogen-bond donors (Lipinski definition) is 5. The summed E-state index contributed by atoms with van der Waals surface area (Å²) in [4.78, 5) is 54.2. The van der Waals surface area contributed by atoms with Crippen molar-refractivity contribution in [1.82, 2.24) is 19.8 Å². The van der Waals surface area contributed by atoms with Crippen LogP contribution in [0.4, 0.5) is 0 Å². The van der Waals surface area contributed by atoms with Crippen LogP contribution in [0.15, 0.2) is 46.1 Å². The molecule has 1 aromatic heterocycles. The van der Waals surface area contributed by atoms with E-state index in [4.69, 9.17) is 28.8 Å². The molecule has 0 spiro atoms. The van der Waals surface area contributed by atoms with Crippen molar-refractivity contribution in [3.63, 3.8) is 0 Å². The number of rotatable bonds is 18. The van der Waals surface area contributed by atoms with Gasteiger partial charge in [0.2, 0.25) is 5.91 Å². The molecule has 8 atom stereocenters. The molecule has 16 nitrogen and oxygen atoms in total. The Kier molecular flexibility index (Phi) is 16.9. The normalized spacial score (nSPS) is 21.2. The molecule has 1 amide bonds. The maximum Gasteiger partial charge on any atom is 0.333 e. The van der Waals surface area contributed by atoms with Crippen LogP contribution in [0.1, 0.15) is 87.4 Å². The second kappa shape index (κ2) is 19.9. The lowest BCUT2D eigenvalue weighted by atomic mass is 9.99. The van der Waals surface area contributed by atoms with Crippen molar-refractivity contribution >= 4 is 28.5 Å². The number of benzene rings is 1. The molecule has 1 saturated heterocycles. The molecule has 1 aromatic carbocycles. The lowest BCUT2D eigenvalue weighted by Gasteiger charge is -2.44. The number of nitrogens with zero attached hydrogens (tertiary/aromatic N) is 2. The summed E-state index contributed by atoms with van der Waals surface area (Å²) < 4.78 is 34.7. The molecule has 2 heterocycles. The van der Waals surface area contributed by atoms with Crippen LogP contribution in [-0.4, -0.2) is 116 Å². The molecule has 2 unspecified atom stereocenters. The third kappa shape index (κ3) is 12.9. The van der Waals surface area contributed by atoms with Gasteiger partial charge in [0.25, 0.3) is 5.56 Å². The summed E-state index contributed by atoms with van der Waals surface area (Å²) in [7, 11) is -3.88. The fraction of sp³-hybridized carbons (Fsp3) is 0.714. The van der Waals surface area contributed by atoms with Gasteiger partial charge in [-0.1, -0.05) is 53.7 Å². The molecule has 2 aromatic rings. The fourth-order valence-electron chi connectivity index (χ4n) is 6.03. The van der Waals surface area contributed by atoms with Crippen LogP contribution in [0.5, 0.6) is 5.75 Å². The molecule has 340 valence electrons. The van der Waals surface area contributed by atoms with Crippen LogP contribution in [0.3, 0.4) is 0 Å². The molecular formula is C42H73N5O11Si2. The van der Waals surface area contributed by atoms with E-state index in [1.807, 2.05) is 0 Å². The zero-order valence-corrected chi connectivity index (χ0v) is 40.5. The highest BCUT2D eigenvalue weighted by Gasteiger charge is 2.57. The third-order valence-corrected chi connectivity index (χ3v) is 20.7. The van der Waals surface area contributed by atoms with Gasteiger partial charge >= 0.3 is 11.7 Å². The first-order valence-electron chi connectivity index (χ1n) is 20.7. The second-order valence-corrected chi connectivity index (χ2v) is 29.3. The van der Waals surface area contributed by atoms with Crippen molar-refractivity contribution in [2.45, 2.75) is 173 Å². The summed E-state index contributed by atoms with van der Waals surface area (Å²) in [5.74, 6) is -0.647. The SMILES string of the molecule is COc1ccc(Cn2c(=O)ccn([C@@H]3OC([C@H](O)[C@H](NCCCNC(=O)[C@H](N)C(C)O)C(=O)OC(C)(C)C)[C@@H](O[Si](C)(C)C(C)(C)C)[C@H]3O[Si](C)(C)C(C)(C)C)c2=O)cc1. The van der Waals surface area contributed by atoms with Gasteiger partial charge in [-0.25, -0.2) is 4.79 Å². The van der Waals surface area contributed by atoms with E-state index in [9.17, 15) is 29.4 Å². The van der Waals surface area contributed by atoms with Crippen LogP contribution < -0.4 is 32.4 Å². The Labute approximate surface area is 357 Å². The number of ether oxygens (including phenoxy) is 3. The minimum Gasteiger partial charge on any atom is -0.497 e. The van der Waals surface area contributed by atoms with Crippen molar-refractivity contribution < 1.29 is 42.9 Å². The average molecular weight is 880 g/mol. The summed E-state index contributed by atoms with van der Waals surface area (Å²) in [6, 6.07) is 5.88. The molecule has 3 rings (SSSR count). The fourth-order valence-corrected chi connectivity index (χ4v) is 8.62. The van der Waals surface area contributed by atoms with E-state index in [0.29, 0.717) is 17.7 Å². The van der Waals surface area contributed by atoms with E-state index >= 15 is 0 Å². The Morgan fingerprint density at radius 1 is 0.883 bits per heavy atom. The minimum atomic E-state index is -2.72. The lowest BCUT2D eigenvalue weighted by molar-refractivity contribution is -0.166. The third-order valence-electron chi connectivity index (χ3n) is 11.7. The van der Waals surface area contributed by atoms with Gasteiger partial charge in [-0.3, -0.25) is 23.5 Å². The molecule has 1 aliphatic heterocycles. The number of nitrogens with one attached hydrogen (secondary N) is 2. The molecule has 60 heavy (non-hydrogen) atoms. The highest BCUT2D eigenvalue weighted by Crippen LogP contribution is 2.46. The van der Waals surface area contributed by atoms with Gasteiger partial charge in [-0.15, -0.1) is 0 Å². The Bertz CT molecular complexity index is 1860. The summed E-state index contributed by atoms with van der Waals surface area (Å²) >= 11 is 0. The van der Waals surface area contributed by atoms with Crippen LogP contribution in [0, 0.1) is 0 Å². The predicted molar refractivity (Wildman–Crippen MR) is 236 cm³/mol. The zero-order valence-electron chi connectivity index (χ0n) is 38.5. The Hall–Kier alpha value is -3.21. The zero-order chi connectivity index (χ0) is 45.8. The van der Waals surface area contributed by atoms with Gasteiger partial charge in [-0.2, -0.15) is 0 Å². The number of methoxy groups -OCH3 is 1. The number of aliphatic hydroxyl groups is 2. The minimum absolute atomic E-state index is 0.0328. The first-order chi connectivity index (χ1) is 27.4. The summed E-state index contributed by atoms with van der Waals surface area (Å²) in [5.41, 5.74) is 4.36. The molecule has 0 radical (unpaired) electrons. The topological polar surface area (TPSA) is 215 Å². The molecular weight excluding hydrogens is 807 g/mol. The van der Waals surface area contributed by atoms with Gasteiger partial charge in [-0.05, 0) is 94.6 Å². The number of aliphatic hydroxyl groups excluding tert-OH is 2. The molecule has 1 fully saturated rings. The van der Waals surface area contributed by atoms with E-state index in [0.717, 1.165) is 4.57 Å². The highest BCUT2D eigenvalue weighted by atomic mass is 28.4. The second-order valence-electron chi connectivity index (χ2n) is 19.8. The van der Waals surface area contributed by atoms with Crippen molar-refractivity contribution in [2.24, 2.45) is 5.73 Å². The molecule has 0 aliphatic carbocycles. The van der Waals surface area contributed by atoms with Crippen molar-refractivity contribution in [1.29, 1.82) is 0 Å². The standard InChI is InChI=1S/C42H73N5O11Si2/c1-26(48)30(43)36(51)45-23-16-22-44-31(38(52)56-40(2,3)4)32(50)33-34(57-59(12,13)41(5,6)7)35(58-60(14,15)42(8,9)10)37(55-33)46-24-21-29(49)47(39(46)53)25-27-17-19-28(54-11)20-18-27/h17-21,24,26,30-35,37,44,48,50H,16,22-23,25,43H2,1-15H3,(H,45,51)/t26?,30-,31+,32-,33?,34-,35-,37-/m1/s1. The van der Waals surface area contributed by atoms with Crippen LogP contribution >= 0.6 is 0 Å². The molecule has 18 heteroatoms. The smallest absolute Gasteiger partial charge is 0.333 e. The van der Waals surface area contributed by atoms with E-state index in [1.54, 1.807) is 52.1 Å². The van der Waals surface area contributed by atoms with Gasteiger partial charge in [0.15, 0.2) is 22.9 Å². The lowest BCUT2D eigenvalue weighted by Crippen LogP contribution is -2.59. The molecule has 0 saturated carbocycles. The maximum absolute atomic E-state index is 14.5. The van der Waals surface area contributed by atoms with Gasteiger partial charge in [0, 0.05) is 18.8 Å². The number of carbonyl (C=O) groups excluding carboxylic acids is 2. The summed E-state index contributed by atoms with van der Waals surface area (Å²) in [5, 5.41) is 27.4. The monoisotopic (exact) mass is 879 g/mol. The van der Waals surface area contributed by atoms with Crippen molar-refractivity contribution in [2.75, 3.05) is 20.2 Å². The summed E-state index contributed by atoms with van der Waals surface area (Å²) in [6.07, 6.45) is -5.36. The van der Waals surface area contributed by atoms with E-state index < -0.39 is 94.2 Å². The van der Waals surface area contributed by atoms with Crippen molar-refractivity contribution in [3.8, 4) is 5.75 Å². The Morgan fingerprint density at radius 2 is 1.43 bits per heavy atom. The van der Waals surface area contributed by atoms with Gasteiger partial charge < -0.3 is 49.6 Å². The number of hydrogen-bond acceptors (Lipinski definition) is 13. The average Bonchev–Trinajstić information content (AvgIpc) is 3.44. The first-order valence-corrected chi connectivity index (χ1v) is 26.6. The summed E-state index contributed by atoms with van der Waals surface area (Å²) in [6.45, 7) is 27.6. The van der Waals surface area contributed by atoms with Gasteiger partial charge in [0.1, 0.15) is 47.9 Å². The van der Waals surface area contributed by atoms with E-state index in [2.05, 4.69) is 78.4 Å². The number of carbonyl (C=O) groups is 2. The molecule has 6 N–H and O–H groups in total. The predicted octanol–water partition coefficient (Wildman–Crippen LogP) is 3.62. The van der Waals surface area contributed by atoms with Crippen LogP contribution in [-0.2, 0) is 34.5 Å². The Balaban J connectivity index is 2.20. The van der Waals surface area contributed by atoms with Gasteiger partial charge in [0.05, 0.1) is 19.8 Å². The molecule has 1 aliphatic rings. The molecule has 0 bridgehead atoms. The maximum atomic E-state index is 14.5. The van der Waals surface area contributed by atoms with E-state index in [-0.39, 0.29) is 29.7 Å². The van der Waals surface area contributed by atoms with E-state index in [1.165, 1.54) is 23.8 Å². The number of nitrogens with two attached hydrogens (primary N) is 1. The first kappa shape index (κ1) is 51.1. The number of esters is 1. The number of aromatic nitrogens is 2. The van der Waals surface area contributed by atoms with Crippen molar-refractivity contribution in [3.05, 3.63) is 62.9 Å². The number of amides is 1. The Morgan fingerprint density at radius 3 is 1.93 bits per heavy atom. The van der Waals surface area contributed by atoms with Crippen LogP contribution in [0.25, 0.3) is 0 Å². The quantitative estimate of drug-likeness (QED) is 0.0824. The largest absolute Gasteiger partial charge is 0.497 e. The van der Waals surface area contributed by atoms with Crippen LogP contribution in [0.2, 0.25) is 36.3 Å².